The summed E-state index contributed by atoms with van der Waals surface area (Å²) in [6.07, 6.45) is 1.24. The van der Waals surface area contributed by atoms with Crippen LogP contribution >= 0.6 is 15.9 Å². The van der Waals surface area contributed by atoms with Gasteiger partial charge in [0.15, 0.2) is 0 Å². The Balaban J connectivity index is 2.36. The minimum atomic E-state index is 0.659. The lowest BCUT2D eigenvalue weighted by atomic mass is 9.94. The fourth-order valence-electron chi connectivity index (χ4n) is 2.20. The van der Waals surface area contributed by atoms with E-state index in [0.29, 0.717) is 5.92 Å². The third-order valence-electron chi connectivity index (χ3n) is 3.11. The minimum Gasteiger partial charge on any atom is -0.496 e. The molecule has 0 radical (unpaired) electrons. The molecular weight excluding hydrogens is 254 g/mol. The van der Waals surface area contributed by atoms with Gasteiger partial charge in [-0.05, 0) is 58.9 Å². The van der Waals surface area contributed by atoms with Crippen LogP contribution in [0, 0.1) is 6.92 Å². The minimum absolute atomic E-state index is 0.659. The number of methoxy groups -OCH3 is 1. The van der Waals surface area contributed by atoms with Crippen LogP contribution in [-0.2, 0) is 0 Å². The normalized spacial score (nSPS) is 20.6. The van der Waals surface area contributed by atoms with E-state index in [0.717, 1.165) is 23.3 Å². The molecule has 0 aromatic heterocycles. The highest BCUT2D eigenvalue weighted by atomic mass is 79.9. The van der Waals surface area contributed by atoms with Gasteiger partial charge < -0.3 is 10.1 Å². The van der Waals surface area contributed by atoms with E-state index in [1.54, 1.807) is 7.11 Å². The zero-order chi connectivity index (χ0) is 10.8. The first-order valence-electron chi connectivity index (χ1n) is 5.27. The van der Waals surface area contributed by atoms with Crippen LogP contribution < -0.4 is 10.1 Å². The molecule has 1 atom stereocenters. The predicted molar refractivity (Wildman–Crippen MR) is 65.7 cm³/mol. The lowest BCUT2D eigenvalue weighted by molar-refractivity contribution is 0.411. The maximum absolute atomic E-state index is 5.28. The molecule has 82 valence electrons. The van der Waals surface area contributed by atoms with Crippen molar-refractivity contribution >= 4 is 15.9 Å². The van der Waals surface area contributed by atoms with E-state index in [1.807, 2.05) is 6.07 Å². The molecule has 1 saturated heterocycles. The smallest absolute Gasteiger partial charge is 0.133 e. The van der Waals surface area contributed by atoms with Crippen LogP contribution in [0.25, 0.3) is 0 Å². The molecular formula is C12H16BrNO. The van der Waals surface area contributed by atoms with Gasteiger partial charge in [0, 0.05) is 6.54 Å². The number of nitrogens with one attached hydrogen (secondary N) is 1. The molecule has 0 aliphatic carbocycles. The number of hydrogen-bond acceptors (Lipinski definition) is 2. The van der Waals surface area contributed by atoms with Gasteiger partial charge >= 0.3 is 0 Å². The lowest BCUT2D eigenvalue weighted by Gasteiger charge is -2.15. The summed E-state index contributed by atoms with van der Waals surface area (Å²) in [4.78, 5) is 0. The average Bonchev–Trinajstić information content (AvgIpc) is 2.75. The van der Waals surface area contributed by atoms with Gasteiger partial charge in [0.2, 0.25) is 0 Å². The zero-order valence-corrected chi connectivity index (χ0v) is 10.7. The largest absolute Gasteiger partial charge is 0.496 e. The third-order valence-corrected chi connectivity index (χ3v) is 4.10. The van der Waals surface area contributed by atoms with Crippen LogP contribution in [-0.4, -0.2) is 20.2 Å². The summed E-state index contributed by atoms with van der Waals surface area (Å²) >= 11 is 3.59. The Morgan fingerprint density at radius 3 is 2.87 bits per heavy atom. The second-order valence-electron chi connectivity index (χ2n) is 3.99. The molecule has 1 aromatic rings. The van der Waals surface area contributed by atoms with E-state index in [-0.39, 0.29) is 0 Å². The molecule has 3 heteroatoms. The summed E-state index contributed by atoms with van der Waals surface area (Å²) in [5, 5.41) is 3.40. The van der Waals surface area contributed by atoms with Crippen LogP contribution in [0.1, 0.15) is 23.5 Å². The topological polar surface area (TPSA) is 21.3 Å². The Morgan fingerprint density at radius 1 is 1.47 bits per heavy atom. The van der Waals surface area contributed by atoms with E-state index in [2.05, 4.69) is 34.2 Å². The Bertz CT molecular complexity index is 359. The molecule has 1 N–H and O–H groups in total. The van der Waals surface area contributed by atoms with Crippen molar-refractivity contribution in [2.24, 2.45) is 0 Å². The van der Waals surface area contributed by atoms with Crippen LogP contribution in [0.3, 0.4) is 0 Å². The molecule has 0 amide bonds. The predicted octanol–water partition coefficient (Wildman–Crippen LogP) is 2.84. The second-order valence-corrected chi connectivity index (χ2v) is 4.78. The summed E-state index contributed by atoms with van der Waals surface area (Å²) in [5.41, 5.74) is 2.75. The van der Waals surface area contributed by atoms with Crippen LogP contribution in [0.2, 0.25) is 0 Å². The number of ether oxygens (including phenoxy) is 1. The molecule has 1 aliphatic heterocycles. The van der Waals surface area contributed by atoms with E-state index >= 15 is 0 Å². The van der Waals surface area contributed by atoms with Crippen molar-refractivity contribution in [1.82, 2.24) is 5.32 Å². The fraction of sp³-hybridized carbons (Fsp3) is 0.500. The molecule has 1 aromatic carbocycles. The first-order valence-corrected chi connectivity index (χ1v) is 6.07. The molecule has 0 spiro atoms. The maximum Gasteiger partial charge on any atom is 0.133 e. The van der Waals surface area contributed by atoms with E-state index in [4.69, 9.17) is 4.74 Å². The van der Waals surface area contributed by atoms with Gasteiger partial charge in [-0.3, -0.25) is 0 Å². The zero-order valence-electron chi connectivity index (χ0n) is 9.14. The lowest BCUT2D eigenvalue weighted by Crippen LogP contribution is -2.09. The van der Waals surface area contributed by atoms with Gasteiger partial charge in [-0.15, -0.1) is 0 Å². The van der Waals surface area contributed by atoms with Gasteiger partial charge in [0.25, 0.3) is 0 Å². The van der Waals surface area contributed by atoms with Gasteiger partial charge in [0.1, 0.15) is 5.75 Å². The van der Waals surface area contributed by atoms with E-state index in [1.165, 1.54) is 17.5 Å². The molecule has 0 saturated carbocycles. The van der Waals surface area contributed by atoms with Crippen molar-refractivity contribution < 1.29 is 4.74 Å². The fourth-order valence-corrected chi connectivity index (χ4v) is 2.72. The Hall–Kier alpha value is -0.540. The van der Waals surface area contributed by atoms with Crippen LogP contribution in [0.15, 0.2) is 16.6 Å². The quantitative estimate of drug-likeness (QED) is 0.892. The van der Waals surface area contributed by atoms with Gasteiger partial charge in [-0.1, -0.05) is 6.07 Å². The summed E-state index contributed by atoms with van der Waals surface area (Å²) in [6.45, 7) is 4.38. The molecule has 1 fully saturated rings. The molecule has 15 heavy (non-hydrogen) atoms. The highest BCUT2D eigenvalue weighted by Gasteiger charge is 2.20. The maximum atomic E-state index is 5.28. The summed E-state index contributed by atoms with van der Waals surface area (Å²) in [6, 6.07) is 4.24. The monoisotopic (exact) mass is 269 g/mol. The molecule has 1 heterocycles. The first-order chi connectivity index (χ1) is 7.24. The molecule has 1 aliphatic rings. The molecule has 2 nitrogen and oxygen atoms in total. The molecule has 0 bridgehead atoms. The van der Waals surface area contributed by atoms with Gasteiger partial charge in [-0.2, -0.15) is 0 Å². The number of rotatable bonds is 2. The van der Waals surface area contributed by atoms with Crippen molar-refractivity contribution in [3.63, 3.8) is 0 Å². The highest BCUT2D eigenvalue weighted by molar-refractivity contribution is 9.10. The molecule has 2 rings (SSSR count). The van der Waals surface area contributed by atoms with Crippen molar-refractivity contribution in [3.05, 3.63) is 27.7 Å². The average molecular weight is 270 g/mol. The summed E-state index contributed by atoms with van der Waals surface area (Å²) < 4.78 is 6.37. The summed E-state index contributed by atoms with van der Waals surface area (Å²) in [7, 11) is 1.70. The third kappa shape index (κ3) is 2.04. The Morgan fingerprint density at radius 2 is 2.27 bits per heavy atom. The van der Waals surface area contributed by atoms with Gasteiger partial charge in [0.05, 0.1) is 11.6 Å². The number of halogens is 1. The van der Waals surface area contributed by atoms with Crippen LogP contribution in [0.4, 0.5) is 0 Å². The van der Waals surface area contributed by atoms with Crippen molar-refractivity contribution in [2.75, 3.05) is 20.2 Å². The standard InChI is InChI=1S/C12H16BrNO/c1-8-10(9-5-6-14-7-9)3-4-11(15-2)12(8)13/h3-4,9,14H,5-7H2,1-2H3. The van der Waals surface area contributed by atoms with Gasteiger partial charge in [-0.25, -0.2) is 0 Å². The van der Waals surface area contributed by atoms with Crippen molar-refractivity contribution in [2.45, 2.75) is 19.3 Å². The molecule has 1 unspecified atom stereocenters. The van der Waals surface area contributed by atoms with Crippen molar-refractivity contribution in [1.29, 1.82) is 0 Å². The summed E-state index contributed by atoms with van der Waals surface area (Å²) in [5.74, 6) is 1.58. The van der Waals surface area contributed by atoms with E-state index < -0.39 is 0 Å². The van der Waals surface area contributed by atoms with E-state index in [9.17, 15) is 0 Å². The number of benzene rings is 1. The Labute approximate surface area is 99.1 Å². The second kappa shape index (κ2) is 4.54. The SMILES string of the molecule is COc1ccc(C2CCNC2)c(C)c1Br. The Kier molecular flexibility index (Phi) is 3.32. The van der Waals surface area contributed by atoms with Crippen molar-refractivity contribution in [3.8, 4) is 5.75 Å². The first kappa shape index (κ1) is 11.0. The van der Waals surface area contributed by atoms with Crippen LogP contribution in [0.5, 0.6) is 5.75 Å². The highest BCUT2D eigenvalue weighted by Crippen LogP contribution is 2.35. The number of hydrogen-bond donors (Lipinski definition) is 1.